The zero-order valence-electron chi connectivity index (χ0n) is 25.1. The standard InChI is InChI=1S/C35H39ClN4O2S/c1-4-6-10-22(5-2)30(39-34(41)28-15-8-11-23-13-9-18-37-29(23)28)32-24-16-17-27(20-24)40(32)35(42)31-33(43-21(3)38-31)25-12-7-14-26(36)19-25/h7-9,11-15,18-19,22,24,27,30,32H,4-6,10,16-17,20H2,1-3H3,(H,39,41)/t22?,24-,27?,30+,32-/m0/s1. The van der Waals surface area contributed by atoms with E-state index in [4.69, 9.17) is 16.6 Å². The van der Waals surface area contributed by atoms with Crippen LogP contribution in [-0.2, 0) is 0 Å². The van der Waals surface area contributed by atoms with Gasteiger partial charge in [0, 0.05) is 22.6 Å². The number of piperidine rings is 1. The number of halogens is 1. The van der Waals surface area contributed by atoms with Crippen LogP contribution < -0.4 is 5.32 Å². The molecule has 4 aromatic rings. The number of aromatic nitrogens is 2. The normalized spacial score (nSPS) is 20.8. The molecule has 2 amide bonds. The van der Waals surface area contributed by atoms with Crippen molar-refractivity contribution in [2.24, 2.45) is 11.8 Å². The first-order chi connectivity index (χ1) is 20.9. The Kier molecular flexibility index (Phi) is 8.83. The molecule has 2 fully saturated rings. The van der Waals surface area contributed by atoms with Crippen molar-refractivity contribution >= 4 is 45.7 Å². The number of likely N-dealkylation sites (tertiary alicyclic amines) is 1. The quantitative estimate of drug-likeness (QED) is 0.195. The molecule has 1 saturated heterocycles. The molecule has 1 aliphatic heterocycles. The molecule has 2 aromatic heterocycles. The summed E-state index contributed by atoms with van der Waals surface area (Å²) in [5.41, 5.74) is 2.68. The highest BCUT2D eigenvalue weighted by Gasteiger charge is 2.53. The van der Waals surface area contributed by atoms with Crippen molar-refractivity contribution in [3.05, 3.63) is 82.1 Å². The van der Waals surface area contributed by atoms with E-state index in [9.17, 15) is 9.59 Å². The number of nitrogens with one attached hydrogen (secondary N) is 1. The van der Waals surface area contributed by atoms with E-state index in [1.807, 2.05) is 61.5 Å². The Hall–Kier alpha value is -3.29. The van der Waals surface area contributed by atoms with Gasteiger partial charge < -0.3 is 10.2 Å². The van der Waals surface area contributed by atoms with E-state index in [1.165, 1.54) is 11.3 Å². The summed E-state index contributed by atoms with van der Waals surface area (Å²) in [6, 6.07) is 17.2. The number of para-hydroxylation sites is 1. The van der Waals surface area contributed by atoms with Crippen LogP contribution >= 0.6 is 22.9 Å². The molecule has 5 atom stereocenters. The molecular formula is C35H39ClN4O2S. The number of aryl methyl sites for hydroxylation is 1. The molecule has 6 rings (SSSR count). The number of fused-ring (bicyclic) bond motifs is 3. The number of amides is 2. The minimum absolute atomic E-state index is 0.0343. The predicted molar refractivity (Wildman–Crippen MR) is 175 cm³/mol. The Morgan fingerprint density at radius 2 is 1.93 bits per heavy atom. The summed E-state index contributed by atoms with van der Waals surface area (Å²) in [5.74, 6) is 0.433. The third-order valence-electron chi connectivity index (χ3n) is 9.40. The molecule has 0 spiro atoms. The highest BCUT2D eigenvalue weighted by molar-refractivity contribution is 7.15. The molecule has 0 radical (unpaired) electrons. The smallest absolute Gasteiger partial charge is 0.274 e. The first-order valence-electron chi connectivity index (χ1n) is 15.6. The molecule has 2 unspecified atom stereocenters. The van der Waals surface area contributed by atoms with Crippen molar-refractivity contribution < 1.29 is 9.59 Å². The van der Waals surface area contributed by atoms with Crippen molar-refractivity contribution in [3.63, 3.8) is 0 Å². The van der Waals surface area contributed by atoms with Gasteiger partial charge in [0.2, 0.25) is 0 Å². The van der Waals surface area contributed by atoms with E-state index in [2.05, 4.69) is 29.0 Å². The van der Waals surface area contributed by atoms with Gasteiger partial charge in [0.05, 0.1) is 33.0 Å². The number of carbonyl (C=O) groups excluding carboxylic acids is 2. The molecular weight excluding hydrogens is 576 g/mol. The molecule has 2 bridgehead atoms. The summed E-state index contributed by atoms with van der Waals surface area (Å²) in [7, 11) is 0. The van der Waals surface area contributed by atoms with Gasteiger partial charge in [0.25, 0.3) is 11.8 Å². The van der Waals surface area contributed by atoms with Gasteiger partial charge in [0.15, 0.2) is 0 Å². The minimum Gasteiger partial charge on any atom is -0.347 e. The molecule has 224 valence electrons. The van der Waals surface area contributed by atoms with Crippen molar-refractivity contribution in [2.75, 3.05) is 0 Å². The number of benzene rings is 2. The third-order valence-corrected chi connectivity index (χ3v) is 10.7. The Bertz CT molecular complexity index is 1630. The largest absolute Gasteiger partial charge is 0.347 e. The molecule has 1 saturated carbocycles. The van der Waals surface area contributed by atoms with Crippen LogP contribution in [-0.4, -0.2) is 44.8 Å². The topological polar surface area (TPSA) is 75.2 Å². The number of carbonyl (C=O) groups is 2. The zero-order chi connectivity index (χ0) is 30.1. The van der Waals surface area contributed by atoms with E-state index in [0.29, 0.717) is 27.7 Å². The number of rotatable bonds is 10. The van der Waals surface area contributed by atoms with E-state index in [1.54, 1.807) is 6.20 Å². The number of pyridine rings is 1. The predicted octanol–water partition coefficient (Wildman–Crippen LogP) is 8.33. The van der Waals surface area contributed by atoms with Crippen LogP contribution in [0.25, 0.3) is 21.3 Å². The summed E-state index contributed by atoms with van der Waals surface area (Å²) in [5, 5.41) is 5.92. The maximum Gasteiger partial charge on any atom is 0.274 e. The average molecular weight is 615 g/mol. The SMILES string of the molecule is CCCCC(CC)[C@@H](NC(=O)c1cccc2cccnc12)[C@@H]1[C@H]2CCC(C2)N1C(=O)c1nc(C)sc1-c1cccc(Cl)c1. The van der Waals surface area contributed by atoms with Gasteiger partial charge in [-0.25, -0.2) is 4.98 Å². The van der Waals surface area contributed by atoms with Gasteiger partial charge in [0.1, 0.15) is 5.69 Å². The lowest BCUT2D eigenvalue weighted by Crippen LogP contribution is -2.59. The summed E-state index contributed by atoms with van der Waals surface area (Å²) in [6.07, 6.45) is 8.87. The first kappa shape index (κ1) is 29.8. The van der Waals surface area contributed by atoms with E-state index < -0.39 is 0 Å². The molecule has 8 heteroatoms. The van der Waals surface area contributed by atoms with Crippen LogP contribution in [0.4, 0.5) is 0 Å². The number of hydrogen-bond acceptors (Lipinski definition) is 5. The number of unbranched alkanes of at least 4 members (excludes halogenated alkanes) is 1. The van der Waals surface area contributed by atoms with E-state index in [-0.39, 0.29) is 35.9 Å². The number of thiazole rings is 1. The van der Waals surface area contributed by atoms with Crippen LogP contribution in [0, 0.1) is 18.8 Å². The number of hydrogen-bond donors (Lipinski definition) is 1. The molecule has 1 N–H and O–H groups in total. The monoisotopic (exact) mass is 614 g/mol. The summed E-state index contributed by atoms with van der Waals surface area (Å²) in [6.45, 7) is 6.36. The van der Waals surface area contributed by atoms with Crippen molar-refractivity contribution in [1.29, 1.82) is 0 Å². The Balaban J connectivity index is 1.38. The lowest BCUT2D eigenvalue weighted by atomic mass is 9.80. The Morgan fingerprint density at radius 3 is 2.72 bits per heavy atom. The molecule has 43 heavy (non-hydrogen) atoms. The van der Waals surface area contributed by atoms with Gasteiger partial charge in [-0.05, 0) is 74.3 Å². The second-order valence-electron chi connectivity index (χ2n) is 12.0. The second kappa shape index (κ2) is 12.7. The van der Waals surface area contributed by atoms with Crippen molar-refractivity contribution in [2.45, 2.75) is 83.8 Å². The first-order valence-corrected chi connectivity index (χ1v) is 16.8. The highest BCUT2D eigenvalue weighted by Crippen LogP contribution is 2.47. The van der Waals surface area contributed by atoms with Gasteiger partial charge >= 0.3 is 0 Å². The van der Waals surface area contributed by atoms with Gasteiger partial charge in [-0.2, -0.15) is 0 Å². The lowest BCUT2D eigenvalue weighted by molar-refractivity contribution is 0.0444. The van der Waals surface area contributed by atoms with Gasteiger partial charge in [-0.1, -0.05) is 75.0 Å². The van der Waals surface area contributed by atoms with Crippen molar-refractivity contribution in [3.8, 4) is 10.4 Å². The second-order valence-corrected chi connectivity index (χ2v) is 13.7. The fourth-order valence-corrected chi connectivity index (χ4v) is 8.51. The molecule has 2 aromatic carbocycles. The van der Waals surface area contributed by atoms with Crippen LogP contribution in [0.15, 0.2) is 60.8 Å². The van der Waals surface area contributed by atoms with Crippen LogP contribution in [0.5, 0.6) is 0 Å². The Morgan fingerprint density at radius 1 is 1.12 bits per heavy atom. The van der Waals surface area contributed by atoms with Gasteiger partial charge in [-0.15, -0.1) is 11.3 Å². The molecule has 2 aliphatic rings. The summed E-state index contributed by atoms with van der Waals surface area (Å²) in [4.78, 5) is 41.0. The van der Waals surface area contributed by atoms with E-state index in [0.717, 1.165) is 65.8 Å². The Labute approximate surface area is 262 Å². The summed E-state index contributed by atoms with van der Waals surface area (Å²) < 4.78 is 0. The molecule has 6 nitrogen and oxygen atoms in total. The van der Waals surface area contributed by atoms with Crippen LogP contribution in [0.2, 0.25) is 5.02 Å². The van der Waals surface area contributed by atoms with Crippen LogP contribution in [0.1, 0.15) is 84.6 Å². The zero-order valence-corrected chi connectivity index (χ0v) is 26.6. The minimum atomic E-state index is -0.170. The van der Waals surface area contributed by atoms with Gasteiger partial charge in [-0.3, -0.25) is 14.6 Å². The average Bonchev–Trinajstić information content (AvgIpc) is 3.75. The van der Waals surface area contributed by atoms with Crippen molar-refractivity contribution in [1.82, 2.24) is 20.2 Å². The maximum atomic E-state index is 14.6. The maximum absolute atomic E-state index is 14.6. The highest BCUT2D eigenvalue weighted by atomic mass is 35.5. The number of nitrogens with zero attached hydrogens (tertiary/aromatic N) is 3. The fraction of sp³-hybridized carbons (Fsp3) is 0.429. The summed E-state index contributed by atoms with van der Waals surface area (Å²) >= 11 is 7.88. The molecule has 1 aliphatic carbocycles. The lowest BCUT2D eigenvalue weighted by Gasteiger charge is -2.43. The van der Waals surface area contributed by atoms with E-state index >= 15 is 0 Å². The third kappa shape index (κ3) is 5.82. The fourth-order valence-electron chi connectivity index (χ4n) is 7.41. The molecule has 3 heterocycles. The van der Waals surface area contributed by atoms with Crippen LogP contribution in [0.3, 0.4) is 0 Å².